The van der Waals surface area contributed by atoms with Gasteiger partial charge in [-0.2, -0.15) is 0 Å². The second-order valence-corrected chi connectivity index (χ2v) is 8.10. The van der Waals surface area contributed by atoms with Crippen LogP contribution in [0.5, 0.6) is 0 Å². The number of fused-ring (bicyclic) bond motifs is 1. The van der Waals surface area contributed by atoms with Gasteiger partial charge in [-0.3, -0.25) is 4.90 Å². The van der Waals surface area contributed by atoms with E-state index < -0.39 is 0 Å². The molecule has 0 amide bonds. The van der Waals surface area contributed by atoms with Crippen LogP contribution in [0.25, 0.3) is 10.1 Å². The van der Waals surface area contributed by atoms with E-state index in [0.29, 0.717) is 0 Å². The molecule has 0 bridgehead atoms. The third-order valence-corrected chi connectivity index (χ3v) is 6.06. The summed E-state index contributed by atoms with van der Waals surface area (Å²) in [6, 6.07) is 8.76. The lowest BCUT2D eigenvalue weighted by molar-refractivity contribution is 0.0250. The molecule has 1 atom stereocenters. The lowest BCUT2D eigenvalue weighted by Gasteiger charge is -2.50. The van der Waals surface area contributed by atoms with E-state index in [0.717, 1.165) is 19.6 Å². The monoisotopic (exact) mass is 302 g/mol. The van der Waals surface area contributed by atoms with Crippen LogP contribution in [0.1, 0.15) is 39.7 Å². The van der Waals surface area contributed by atoms with Crippen LogP contribution in [-0.2, 0) is 6.54 Å². The van der Waals surface area contributed by atoms with Crippen LogP contribution < -0.4 is 5.32 Å². The van der Waals surface area contributed by atoms with Crippen molar-refractivity contribution in [3.05, 3.63) is 35.2 Å². The van der Waals surface area contributed by atoms with E-state index >= 15 is 0 Å². The van der Waals surface area contributed by atoms with Crippen LogP contribution in [0.15, 0.2) is 29.6 Å². The van der Waals surface area contributed by atoms with Crippen LogP contribution in [0.3, 0.4) is 0 Å². The molecule has 1 saturated heterocycles. The van der Waals surface area contributed by atoms with Crippen LogP contribution in [-0.4, -0.2) is 29.1 Å². The summed E-state index contributed by atoms with van der Waals surface area (Å²) in [5.74, 6) is 0. The summed E-state index contributed by atoms with van der Waals surface area (Å²) in [6.45, 7) is 12.5. The molecule has 3 rings (SSSR count). The molecular weight excluding hydrogens is 276 g/mol. The van der Waals surface area contributed by atoms with Crippen molar-refractivity contribution >= 4 is 21.4 Å². The van der Waals surface area contributed by atoms with Gasteiger partial charge in [0, 0.05) is 35.4 Å². The second-order valence-electron chi connectivity index (χ2n) is 7.19. The smallest absolute Gasteiger partial charge is 0.0346 e. The highest BCUT2D eigenvalue weighted by atomic mass is 32.1. The van der Waals surface area contributed by atoms with E-state index in [1.807, 2.05) is 11.3 Å². The Kier molecular flexibility index (Phi) is 3.85. The lowest BCUT2D eigenvalue weighted by Crippen LogP contribution is -2.66. The van der Waals surface area contributed by atoms with Gasteiger partial charge >= 0.3 is 0 Å². The van der Waals surface area contributed by atoms with Crippen molar-refractivity contribution in [2.45, 2.75) is 51.7 Å². The first kappa shape index (κ1) is 15.0. The SMILES string of the molecule is CCC1(C)CN(Cc2csc3ccccc23)C(C)(C)CN1. The number of thiophene rings is 1. The van der Waals surface area contributed by atoms with Crippen molar-refractivity contribution in [3.8, 4) is 0 Å². The maximum Gasteiger partial charge on any atom is 0.0346 e. The Balaban J connectivity index is 1.88. The van der Waals surface area contributed by atoms with Gasteiger partial charge in [0.25, 0.3) is 0 Å². The Morgan fingerprint density at radius 1 is 1.24 bits per heavy atom. The van der Waals surface area contributed by atoms with E-state index in [-0.39, 0.29) is 11.1 Å². The summed E-state index contributed by atoms with van der Waals surface area (Å²) in [4.78, 5) is 2.65. The van der Waals surface area contributed by atoms with Crippen molar-refractivity contribution in [2.75, 3.05) is 13.1 Å². The van der Waals surface area contributed by atoms with Crippen molar-refractivity contribution in [1.82, 2.24) is 10.2 Å². The van der Waals surface area contributed by atoms with Crippen molar-refractivity contribution in [3.63, 3.8) is 0 Å². The first-order chi connectivity index (χ1) is 9.93. The molecule has 3 heteroatoms. The third kappa shape index (κ3) is 2.87. The largest absolute Gasteiger partial charge is 0.308 e. The highest BCUT2D eigenvalue weighted by molar-refractivity contribution is 7.17. The summed E-state index contributed by atoms with van der Waals surface area (Å²) in [5, 5.41) is 7.51. The second kappa shape index (κ2) is 5.38. The van der Waals surface area contributed by atoms with Crippen LogP contribution >= 0.6 is 11.3 Å². The normalized spacial score (nSPS) is 26.3. The van der Waals surface area contributed by atoms with Gasteiger partial charge in [0.15, 0.2) is 0 Å². The number of hydrogen-bond acceptors (Lipinski definition) is 3. The fourth-order valence-electron chi connectivity index (χ4n) is 3.10. The van der Waals surface area contributed by atoms with Gasteiger partial charge < -0.3 is 5.32 Å². The third-order valence-electron chi connectivity index (χ3n) is 5.05. The predicted octanol–water partition coefficient (Wildman–Crippen LogP) is 4.25. The number of piperazine rings is 1. The Hall–Kier alpha value is -0.900. The minimum atomic E-state index is 0.206. The summed E-state index contributed by atoms with van der Waals surface area (Å²) < 4.78 is 1.40. The Morgan fingerprint density at radius 2 is 2.00 bits per heavy atom. The standard InChI is InChI=1S/C18H26N2S/c1-5-18(4)13-20(17(2,3)12-19-18)10-14-11-21-16-9-7-6-8-15(14)16/h6-9,11,19H,5,10,12-13H2,1-4H3. The van der Waals surface area contributed by atoms with Crippen LogP contribution in [0, 0.1) is 0 Å². The van der Waals surface area contributed by atoms with E-state index in [1.165, 1.54) is 22.1 Å². The fraction of sp³-hybridized carbons (Fsp3) is 0.556. The molecule has 1 aromatic carbocycles. The number of rotatable bonds is 3. The molecule has 1 unspecified atom stereocenters. The zero-order valence-electron chi connectivity index (χ0n) is 13.6. The average Bonchev–Trinajstić information content (AvgIpc) is 2.87. The minimum absolute atomic E-state index is 0.206. The highest BCUT2D eigenvalue weighted by Crippen LogP contribution is 2.31. The maximum absolute atomic E-state index is 3.74. The molecule has 2 heterocycles. The van der Waals surface area contributed by atoms with Gasteiger partial charge in [-0.15, -0.1) is 11.3 Å². The molecule has 114 valence electrons. The topological polar surface area (TPSA) is 15.3 Å². The van der Waals surface area contributed by atoms with Gasteiger partial charge in [0.05, 0.1) is 0 Å². The molecule has 2 nitrogen and oxygen atoms in total. The summed E-state index contributed by atoms with van der Waals surface area (Å²) in [6.07, 6.45) is 1.17. The first-order valence-electron chi connectivity index (χ1n) is 7.89. The van der Waals surface area contributed by atoms with Gasteiger partial charge in [-0.05, 0) is 49.6 Å². The number of nitrogens with one attached hydrogen (secondary N) is 1. The molecule has 1 aliphatic heterocycles. The van der Waals surface area contributed by atoms with E-state index in [9.17, 15) is 0 Å². The number of benzene rings is 1. The predicted molar refractivity (Wildman–Crippen MR) is 93.0 cm³/mol. The zero-order valence-corrected chi connectivity index (χ0v) is 14.4. The Labute approximate surface area is 132 Å². The quantitative estimate of drug-likeness (QED) is 0.911. The van der Waals surface area contributed by atoms with Gasteiger partial charge in [0.1, 0.15) is 0 Å². The number of hydrogen-bond donors (Lipinski definition) is 1. The molecule has 0 spiro atoms. The fourth-order valence-corrected chi connectivity index (χ4v) is 4.05. The Bertz CT molecular complexity index is 631. The highest BCUT2D eigenvalue weighted by Gasteiger charge is 2.39. The van der Waals surface area contributed by atoms with Crippen molar-refractivity contribution < 1.29 is 0 Å². The molecule has 0 saturated carbocycles. The molecule has 2 aromatic rings. The summed E-state index contributed by atoms with van der Waals surface area (Å²) in [7, 11) is 0. The molecule has 1 aliphatic rings. The molecule has 0 radical (unpaired) electrons. The number of nitrogens with zero attached hydrogens (tertiary/aromatic N) is 1. The molecule has 0 aliphatic carbocycles. The molecule has 21 heavy (non-hydrogen) atoms. The molecule has 1 fully saturated rings. The molecule has 1 aromatic heterocycles. The molecular formula is C18H26N2S. The van der Waals surface area contributed by atoms with Gasteiger partial charge in [0.2, 0.25) is 0 Å². The van der Waals surface area contributed by atoms with E-state index in [1.54, 1.807) is 0 Å². The van der Waals surface area contributed by atoms with Crippen molar-refractivity contribution in [2.24, 2.45) is 0 Å². The van der Waals surface area contributed by atoms with Crippen LogP contribution in [0.2, 0.25) is 0 Å². The summed E-state index contributed by atoms with van der Waals surface area (Å²) >= 11 is 1.87. The zero-order chi connectivity index (χ0) is 15.1. The Morgan fingerprint density at radius 3 is 2.76 bits per heavy atom. The first-order valence-corrected chi connectivity index (χ1v) is 8.77. The molecule has 1 N–H and O–H groups in total. The van der Waals surface area contributed by atoms with Gasteiger partial charge in [-0.25, -0.2) is 0 Å². The summed E-state index contributed by atoms with van der Waals surface area (Å²) in [5.41, 5.74) is 1.92. The lowest BCUT2D eigenvalue weighted by atomic mass is 9.88. The van der Waals surface area contributed by atoms with Gasteiger partial charge in [-0.1, -0.05) is 25.1 Å². The van der Waals surface area contributed by atoms with Crippen LogP contribution in [0.4, 0.5) is 0 Å². The van der Waals surface area contributed by atoms with E-state index in [4.69, 9.17) is 0 Å². The van der Waals surface area contributed by atoms with E-state index in [2.05, 4.69) is 67.6 Å². The maximum atomic E-state index is 3.74. The van der Waals surface area contributed by atoms with Crippen molar-refractivity contribution in [1.29, 1.82) is 0 Å². The average molecular weight is 302 g/mol. The minimum Gasteiger partial charge on any atom is -0.308 e.